The smallest absolute Gasteiger partial charge is 0.329 e. The number of ether oxygens (including phenoxy) is 2. The van der Waals surface area contributed by atoms with Gasteiger partial charge in [-0.05, 0) is 178 Å². The second kappa shape index (κ2) is 63.1. The number of nitrogens with one attached hydrogen (secondary N) is 8. The Morgan fingerprint density at radius 2 is 0.735 bits per heavy atom. The molecule has 0 spiro atoms. The molecule has 36 heteroatoms. The summed E-state index contributed by atoms with van der Waals surface area (Å²) in [7, 11) is 0. The normalized spacial score (nSPS) is 21.3. The van der Waals surface area contributed by atoms with Gasteiger partial charge in [-0.1, -0.05) is 157 Å². The average Bonchev–Trinajstić information content (AvgIpc) is 1.45. The number of nitrogens with two attached hydrogens (primary N) is 6. The van der Waals surface area contributed by atoms with Gasteiger partial charge in [-0.25, -0.2) is 9.59 Å². The van der Waals surface area contributed by atoms with Gasteiger partial charge in [-0.15, -0.1) is 0 Å². The Bertz CT molecular complexity index is 3760. The molecule has 0 saturated carbocycles. The minimum Gasteiger partial charge on any atom is -0.450 e. The number of rotatable bonds is 46. The van der Waals surface area contributed by atoms with Crippen LogP contribution in [0.25, 0.3) is 0 Å². The van der Waals surface area contributed by atoms with Gasteiger partial charge >= 0.3 is 11.9 Å². The minimum atomic E-state index is -1.73. The number of cyclic esters (lactones) is 2. The lowest BCUT2D eigenvalue weighted by molar-refractivity contribution is -0.164. The summed E-state index contributed by atoms with van der Waals surface area (Å²) in [6, 6.07) is 11.0. The zero-order valence-electron chi connectivity index (χ0n) is 81.1. The van der Waals surface area contributed by atoms with Crippen molar-refractivity contribution in [2.75, 3.05) is 26.3 Å². The first kappa shape index (κ1) is 120. The van der Waals surface area contributed by atoms with Crippen LogP contribution in [0.1, 0.15) is 251 Å². The third-order valence-corrected chi connectivity index (χ3v) is 22.0. The van der Waals surface area contributed by atoms with Crippen molar-refractivity contribution in [2.24, 2.45) is 105 Å². The number of hydrogen-bond donors (Lipinski definition) is 16. The molecule has 2 aromatic carbocycles. The molecule has 2 heterocycles. The van der Waals surface area contributed by atoms with Gasteiger partial charge in [0.05, 0.1) is 61.3 Å². The summed E-state index contributed by atoms with van der Waals surface area (Å²) in [4.78, 5) is 229. The second-order valence-electron chi connectivity index (χ2n) is 37.8. The summed E-state index contributed by atoms with van der Waals surface area (Å²) in [6.45, 7) is 32.4. The van der Waals surface area contributed by atoms with Crippen molar-refractivity contribution in [3.8, 4) is 0 Å². The van der Waals surface area contributed by atoms with Crippen LogP contribution in [-0.4, -0.2) is 215 Å². The Morgan fingerprint density at radius 3 is 1.00 bits per heavy atom. The topological polar surface area (TPSA) is 619 Å². The molecule has 2 saturated heterocycles. The summed E-state index contributed by atoms with van der Waals surface area (Å²) in [5.41, 5.74) is 36.1. The molecule has 18 atom stereocenters. The fourth-order valence-electron chi connectivity index (χ4n) is 14.9. The quantitative estimate of drug-likeness (QED) is 0.0330. The highest BCUT2D eigenvalue weighted by molar-refractivity contribution is 6.01. The fourth-order valence-corrected chi connectivity index (χ4v) is 14.9. The lowest BCUT2D eigenvalue weighted by atomic mass is 9.89. The van der Waals surface area contributed by atoms with Gasteiger partial charge < -0.3 is 106 Å². The highest BCUT2D eigenvalue weighted by Gasteiger charge is 2.44. The van der Waals surface area contributed by atoms with Crippen LogP contribution in [0.3, 0.4) is 0 Å². The second-order valence-corrected chi connectivity index (χ2v) is 37.8. The monoisotopic (exact) mass is 1860 g/mol. The van der Waals surface area contributed by atoms with Gasteiger partial charge in [0.25, 0.3) is 11.8 Å². The van der Waals surface area contributed by atoms with Crippen LogP contribution in [0, 0.1) is 71.0 Å². The van der Waals surface area contributed by atoms with Crippen LogP contribution in [0.15, 0.2) is 60.7 Å². The van der Waals surface area contributed by atoms with Crippen LogP contribution >= 0.6 is 0 Å². The Balaban J connectivity index is 0.000000880. The predicted molar refractivity (Wildman–Crippen MR) is 499 cm³/mol. The van der Waals surface area contributed by atoms with Gasteiger partial charge in [0.15, 0.2) is 35.3 Å². The van der Waals surface area contributed by atoms with E-state index in [1.165, 1.54) is 27.7 Å². The average molecular weight is 1860 g/mol. The Morgan fingerprint density at radius 1 is 0.424 bits per heavy atom. The van der Waals surface area contributed by atoms with Crippen LogP contribution in [0.2, 0.25) is 0 Å². The highest BCUT2D eigenvalue weighted by Crippen LogP contribution is 2.27. The number of Topliss-reactive ketones (excluding diaryl/α,β-unsaturated/α-hetero) is 6. The number of aliphatic hydroxyl groups excluding tert-OH is 2. The molecule has 0 aromatic heterocycles. The maximum atomic E-state index is 13.2. The first-order chi connectivity index (χ1) is 61.8. The standard InChI is InChI=1S/2C25H42N4O4.2C23H37N3O7/c2*1-17(2)13-22(29-25(33)21(27)14-19-9-5-4-6-10-19)23(31)15-20(11-7-8-12-26)24(32)28-18(3)16-30;2*1-11(2)7-15-10-18(28)14(6)25-22(31)16(9-13(5)27)19(20(24)29)33-23(32)17(8-12(3)4)26-21(15)30/h2*4-6,9-10,17-18,20-22,30H,7-8,11-16,26-27H2,1-3H3,(H,28,32)(H,29,33);2*11-12,14-17,19H,7-10H2,1-6H3,(H2,24,29)(H,25,31)(H,26,30)/t2*18-,20+,21+,22-;2*14-,15+,16?,17-,19+/m1100/s1. The van der Waals surface area contributed by atoms with E-state index in [2.05, 4.69) is 42.5 Å². The third kappa shape index (κ3) is 48.0. The van der Waals surface area contributed by atoms with E-state index in [0.29, 0.717) is 64.5 Å². The maximum absolute atomic E-state index is 13.2. The number of hydrogen-bond acceptors (Lipinski definition) is 26. The number of carbonyl (C=O) groups is 18. The van der Waals surface area contributed by atoms with Crippen molar-refractivity contribution < 1.29 is 106 Å². The molecule has 0 aliphatic carbocycles. The molecular weight excluding hydrogens is 1700 g/mol. The SMILES string of the molecule is CC(=O)CC1C(=O)N[C@@H](C)C(=O)C[C@@H](CC(C)C)C(=O)N[C@@H](CC(C)C)C(=O)O[C@H]1C(N)=O.CC(=O)CC1C(=O)N[C@@H](C)C(=O)C[C@@H](CC(C)C)C(=O)N[C@@H](CC(C)C)C(=O)O[C@H]1C(N)=O.CC(C)C[C@@H](NC(=O)[C@@H](N)Cc1ccccc1)C(=O)C[C@H](CCCCN)C(=O)N[C@H](C)CO.CC(C)C[C@@H](NC(=O)[C@@H](N)Cc1ccccc1)C(=O)C[C@H](CCCCN)C(=O)N[C@H](C)CO. The number of primary amides is 2. The molecule has 10 amide bonds. The number of benzene rings is 2. The summed E-state index contributed by atoms with van der Waals surface area (Å²) >= 11 is 0. The Labute approximate surface area is 779 Å². The van der Waals surface area contributed by atoms with Gasteiger partial charge in [-0.2, -0.15) is 0 Å². The lowest BCUT2D eigenvalue weighted by Gasteiger charge is -2.27. The molecular formula is C96H158N14O22. The zero-order chi connectivity index (χ0) is 101. The van der Waals surface area contributed by atoms with Crippen LogP contribution in [0.5, 0.6) is 0 Å². The zero-order valence-corrected chi connectivity index (χ0v) is 81.1. The Hall–Kier alpha value is -10.1. The van der Waals surface area contributed by atoms with Gasteiger partial charge in [0, 0.05) is 74.3 Å². The van der Waals surface area contributed by atoms with E-state index < -0.39 is 180 Å². The van der Waals surface area contributed by atoms with Crippen molar-refractivity contribution in [1.29, 1.82) is 0 Å². The number of aliphatic hydroxyl groups is 2. The molecule has 0 bridgehead atoms. The summed E-state index contributed by atoms with van der Waals surface area (Å²) in [5, 5.41) is 39.9. The van der Waals surface area contributed by atoms with E-state index in [-0.39, 0.29) is 134 Å². The van der Waals surface area contributed by atoms with Crippen molar-refractivity contribution in [3.63, 3.8) is 0 Å². The van der Waals surface area contributed by atoms with Gasteiger partial charge in [-0.3, -0.25) is 67.1 Å². The molecule has 36 nitrogen and oxygen atoms in total. The highest BCUT2D eigenvalue weighted by atomic mass is 16.6. The van der Waals surface area contributed by atoms with Crippen molar-refractivity contribution in [1.82, 2.24) is 42.5 Å². The van der Waals surface area contributed by atoms with E-state index in [9.17, 15) is 96.5 Å². The van der Waals surface area contributed by atoms with Crippen LogP contribution in [-0.2, 0) is 109 Å². The molecule has 4 rings (SSSR count). The number of ketones is 6. The fraction of sp³-hybridized carbons (Fsp3) is 0.688. The van der Waals surface area contributed by atoms with Crippen molar-refractivity contribution in [2.45, 2.75) is 326 Å². The lowest BCUT2D eigenvalue weighted by Crippen LogP contribution is -2.51. The molecule has 132 heavy (non-hydrogen) atoms. The van der Waals surface area contributed by atoms with Gasteiger partial charge in [0.2, 0.25) is 47.3 Å². The Kier molecular flexibility index (Phi) is 57.3. The molecule has 2 fully saturated rings. The molecule has 22 N–H and O–H groups in total. The summed E-state index contributed by atoms with van der Waals surface area (Å²) in [6.07, 6.45) is 2.35. The number of unbranched alkanes of at least 4 members (excludes halogenated alkanes) is 2. The first-order valence-corrected chi connectivity index (χ1v) is 46.5. The van der Waals surface area contributed by atoms with Crippen molar-refractivity contribution in [3.05, 3.63) is 71.8 Å². The molecule has 2 aromatic rings. The van der Waals surface area contributed by atoms with Crippen LogP contribution < -0.4 is 76.9 Å². The summed E-state index contributed by atoms with van der Waals surface area (Å²) in [5.74, 6) is -14.7. The third-order valence-electron chi connectivity index (χ3n) is 22.0. The minimum absolute atomic E-state index is 0.0140. The van der Waals surface area contributed by atoms with E-state index >= 15 is 0 Å². The van der Waals surface area contributed by atoms with E-state index in [4.69, 9.17) is 43.9 Å². The number of carbonyl (C=O) groups excluding carboxylic acids is 18. The molecule has 2 aliphatic rings. The van der Waals surface area contributed by atoms with Crippen LogP contribution in [0.4, 0.5) is 0 Å². The van der Waals surface area contributed by atoms with E-state index in [1.807, 2.05) is 144 Å². The van der Waals surface area contributed by atoms with Crippen molar-refractivity contribution >= 4 is 106 Å². The van der Waals surface area contributed by atoms with E-state index in [1.54, 1.807) is 13.8 Å². The predicted octanol–water partition coefficient (Wildman–Crippen LogP) is 3.88. The molecule has 2 unspecified atom stereocenters. The first-order valence-electron chi connectivity index (χ1n) is 46.5. The van der Waals surface area contributed by atoms with Gasteiger partial charge in [0.1, 0.15) is 23.7 Å². The van der Waals surface area contributed by atoms with E-state index in [0.717, 1.165) is 36.8 Å². The summed E-state index contributed by atoms with van der Waals surface area (Å²) < 4.78 is 10.6. The largest absolute Gasteiger partial charge is 0.450 e. The molecule has 2 aliphatic heterocycles. The number of amides is 10. The molecule has 744 valence electrons. The number of esters is 2. The maximum Gasteiger partial charge on any atom is 0.329 e. The molecule has 0 radical (unpaired) electrons.